The minimum atomic E-state index is 0.587. The average molecular weight is 253 g/mol. The molecule has 1 aromatic rings. The molecule has 1 aliphatic heterocycles. The van der Waals surface area contributed by atoms with E-state index in [9.17, 15) is 0 Å². The second kappa shape index (κ2) is 5.35. The van der Waals surface area contributed by atoms with Crippen LogP contribution in [-0.2, 0) is 0 Å². The van der Waals surface area contributed by atoms with Gasteiger partial charge in [-0.25, -0.2) is 4.68 Å². The van der Waals surface area contributed by atoms with Crippen molar-refractivity contribution in [2.24, 2.45) is 0 Å². The van der Waals surface area contributed by atoms with E-state index in [0.29, 0.717) is 6.04 Å². The SMILES string of the molecule is C1CNC(CCCSc2nnnn2C2CC2)C1. The largest absolute Gasteiger partial charge is 0.314 e. The summed E-state index contributed by atoms with van der Waals surface area (Å²) in [6.45, 7) is 1.21. The fourth-order valence-electron chi connectivity index (χ4n) is 2.33. The van der Waals surface area contributed by atoms with Crippen LogP contribution < -0.4 is 5.32 Å². The van der Waals surface area contributed by atoms with Crippen LogP contribution in [0.5, 0.6) is 0 Å². The van der Waals surface area contributed by atoms with Crippen LogP contribution in [0.1, 0.15) is 44.6 Å². The Bertz CT molecular complexity index is 356. The molecule has 94 valence electrons. The topological polar surface area (TPSA) is 55.6 Å². The number of hydrogen-bond donors (Lipinski definition) is 1. The Hall–Kier alpha value is -0.620. The molecular formula is C11H19N5S. The summed E-state index contributed by atoms with van der Waals surface area (Å²) in [6, 6.07) is 1.35. The molecule has 0 spiro atoms. The molecule has 1 saturated carbocycles. The zero-order valence-corrected chi connectivity index (χ0v) is 10.8. The van der Waals surface area contributed by atoms with Gasteiger partial charge in [0.15, 0.2) is 0 Å². The summed E-state index contributed by atoms with van der Waals surface area (Å²) in [5.41, 5.74) is 0. The molecule has 6 heteroatoms. The third kappa shape index (κ3) is 2.98. The summed E-state index contributed by atoms with van der Waals surface area (Å²) in [5, 5.41) is 16.5. The molecule has 2 fully saturated rings. The van der Waals surface area contributed by atoms with Crippen molar-refractivity contribution in [2.75, 3.05) is 12.3 Å². The third-order valence-corrected chi connectivity index (χ3v) is 4.47. The molecule has 0 bridgehead atoms. The van der Waals surface area contributed by atoms with E-state index in [1.165, 1.54) is 45.1 Å². The van der Waals surface area contributed by atoms with Crippen molar-refractivity contribution in [2.45, 2.75) is 55.8 Å². The van der Waals surface area contributed by atoms with Gasteiger partial charge in [-0.3, -0.25) is 0 Å². The maximum absolute atomic E-state index is 4.10. The Labute approximate surface area is 106 Å². The predicted molar refractivity (Wildman–Crippen MR) is 67.1 cm³/mol. The van der Waals surface area contributed by atoms with Gasteiger partial charge in [-0.05, 0) is 55.5 Å². The molecule has 1 N–H and O–H groups in total. The standard InChI is InChI=1S/C11H19N5S/c1-3-9(12-7-1)4-2-8-17-11-13-14-15-16(11)10-5-6-10/h9-10,12H,1-8H2. The molecule has 2 aliphatic rings. The van der Waals surface area contributed by atoms with Crippen LogP contribution in [-0.4, -0.2) is 38.5 Å². The lowest BCUT2D eigenvalue weighted by molar-refractivity contribution is 0.551. The van der Waals surface area contributed by atoms with E-state index in [1.54, 1.807) is 11.8 Å². The Morgan fingerprint density at radius 1 is 1.35 bits per heavy atom. The van der Waals surface area contributed by atoms with E-state index in [4.69, 9.17) is 0 Å². The van der Waals surface area contributed by atoms with Gasteiger partial charge in [0.05, 0.1) is 6.04 Å². The van der Waals surface area contributed by atoms with Crippen molar-refractivity contribution >= 4 is 11.8 Å². The summed E-state index contributed by atoms with van der Waals surface area (Å²) < 4.78 is 2.00. The van der Waals surface area contributed by atoms with Gasteiger partial charge < -0.3 is 5.32 Å². The summed E-state index contributed by atoms with van der Waals surface area (Å²) in [7, 11) is 0. The van der Waals surface area contributed by atoms with Crippen LogP contribution in [0.25, 0.3) is 0 Å². The van der Waals surface area contributed by atoms with Crippen LogP contribution >= 0.6 is 11.8 Å². The summed E-state index contributed by atoms with van der Waals surface area (Å²) in [6.07, 6.45) is 7.72. The van der Waals surface area contributed by atoms with Crippen LogP contribution in [0.4, 0.5) is 0 Å². The van der Waals surface area contributed by atoms with Gasteiger partial charge >= 0.3 is 0 Å². The molecular weight excluding hydrogens is 234 g/mol. The van der Waals surface area contributed by atoms with Gasteiger partial charge in [0.1, 0.15) is 0 Å². The van der Waals surface area contributed by atoms with E-state index in [-0.39, 0.29) is 0 Å². The number of nitrogens with one attached hydrogen (secondary N) is 1. The van der Waals surface area contributed by atoms with E-state index in [0.717, 1.165) is 17.0 Å². The molecule has 1 unspecified atom stereocenters. The molecule has 3 rings (SSSR count). The number of rotatable bonds is 6. The van der Waals surface area contributed by atoms with Crippen LogP contribution in [0.3, 0.4) is 0 Å². The van der Waals surface area contributed by atoms with Gasteiger partial charge in [-0.15, -0.1) is 5.10 Å². The van der Waals surface area contributed by atoms with Gasteiger partial charge in [-0.1, -0.05) is 11.8 Å². The predicted octanol–water partition coefficient (Wildman–Crippen LogP) is 1.63. The second-order valence-electron chi connectivity index (χ2n) is 4.92. The first-order valence-electron chi connectivity index (χ1n) is 6.57. The number of thioether (sulfide) groups is 1. The average Bonchev–Trinajstić information content (AvgIpc) is 2.89. The van der Waals surface area contributed by atoms with Crippen molar-refractivity contribution in [3.05, 3.63) is 0 Å². The summed E-state index contributed by atoms with van der Waals surface area (Å²) in [4.78, 5) is 0. The monoisotopic (exact) mass is 253 g/mol. The van der Waals surface area contributed by atoms with Gasteiger partial charge in [0, 0.05) is 11.8 Å². The van der Waals surface area contributed by atoms with Crippen LogP contribution in [0.2, 0.25) is 0 Å². The van der Waals surface area contributed by atoms with Gasteiger partial charge in [-0.2, -0.15) is 0 Å². The molecule has 1 saturated heterocycles. The number of aromatic nitrogens is 4. The molecule has 1 atom stereocenters. The summed E-state index contributed by atoms with van der Waals surface area (Å²) >= 11 is 1.80. The molecule has 5 nitrogen and oxygen atoms in total. The minimum absolute atomic E-state index is 0.587. The minimum Gasteiger partial charge on any atom is -0.314 e. The normalized spacial score (nSPS) is 24.4. The van der Waals surface area contributed by atoms with Crippen LogP contribution in [0.15, 0.2) is 5.16 Å². The number of tetrazole rings is 1. The maximum Gasteiger partial charge on any atom is 0.209 e. The number of nitrogens with zero attached hydrogens (tertiary/aromatic N) is 4. The highest BCUT2D eigenvalue weighted by Gasteiger charge is 2.27. The van der Waals surface area contributed by atoms with Crippen molar-refractivity contribution in [1.82, 2.24) is 25.5 Å². The molecule has 1 aromatic heterocycles. The highest BCUT2D eigenvalue weighted by molar-refractivity contribution is 7.99. The molecule has 0 aromatic carbocycles. The van der Waals surface area contributed by atoms with E-state index < -0.39 is 0 Å². The van der Waals surface area contributed by atoms with Gasteiger partial charge in [0.25, 0.3) is 0 Å². The van der Waals surface area contributed by atoms with Crippen molar-refractivity contribution in [3.8, 4) is 0 Å². The molecule has 1 aliphatic carbocycles. The first-order chi connectivity index (χ1) is 8.43. The molecule has 0 amide bonds. The Morgan fingerprint density at radius 3 is 3.06 bits per heavy atom. The lowest BCUT2D eigenvalue weighted by atomic mass is 10.1. The quantitative estimate of drug-likeness (QED) is 0.617. The third-order valence-electron chi connectivity index (χ3n) is 3.45. The van der Waals surface area contributed by atoms with Crippen LogP contribution in [0, 0.1) is 0 Å². The van der Waals surface area contributed by atoms with Gasteiger partial charge in [0.2, 0.25) is 5.16 Å². The summed E-state index contributed by atoms with van der Waals surface area (Å²) in [5.74, 6) is 1.13. The maximum atomic E-state index is 4.10. The van der Waals surface area contributed by atoms with Crippen molar-refractivity contribution < 1.29 is 0 Å². The smallest absolute Gasteiger partial charge is 0.209 e. The molecule has 0 radical (unpaired) electrons. The Balaban J connectivity index is 1.39. The molecule has 2 heterocycles. The zero-order chi connectivity index (χ0) is 11.5. The van der Waals surface area contributed by atoms with E-state index in [1.807, 2.05) is 4.68 Å². The molecule has 17 heavy (non-hydrogen) atoms. The lowest BCUT2D eigenvalue weighted by Gasteiger charge is -2.08. The Kier molecular flexibility index (Phi) is 3.61. The zero-order valence-electron chi connectivity index (χ0n) is 10.0. The highest BCUT2D eigenvalue weighted by atomic mass is 32.2. The van der Waals surface area contributed by atoms with E-state index >= 15 is 0 Å². The number of hydrogen-bond acceptors (Lipinski definition) is 5. The van der Waals surface area contributed by atoms with E-state index in [2.05, 4.69) is 20.8 Å². The fraction of sp³-hybridized carbons (Fsp3) is 0.909. The second-order valence-corrected chi connectivity index (χ2v) is 5.98. The van der Waals surface area contributed by atoms with Crippen molar-refractivity contribution in [3.63, 3.8) is 0 Å². The first kappa shape index (κ1) is 11.5. The lowest BCUT2D eigenvalue weighted by Crippen LogP contribution is -2.21. The first-order valence-corrected chi connectivity index (χ1v) is 7.56. The van der Waals surface area contributed by atoms with Crippen molar-refractivity contribution in [1.29, 1.82) is 0 Å². The fourth-order valence-corrected chi connectivity index (χ4v) is 3.23. The Morgan fingerprint density at radius 2 is 2.29 bits per heavy atom. The highest BCUT2D eigenvalue weighted by Crippen LogP contribution is 2.36.